The standard InChI is InChI=1S/C20H24O/c1-3-4-8-19(15-17-9-6-5-7-10-17)16-18-11-13-20(21-2)14-12-18/h5-7,9-14,16H,3-4,8,15H2,1-2H3/b19-16+. The normalized spacial score (nSPS) is 11.4. The van der Waals surface area contributed by atoms with Crippen molar-refractivity contribution in [3.63, 3.8) is 0 Å². The van der Waals surface area contributed by atoms with Crippen LogP contribution in [0.5, 0.6) is 5.75 Å². The predicted octanol–water partition coefficient (Wildman–Crippen LogP) is 5.51. The molecule has 0 fully saturated rings. The van der Waals surface area contributed by atoms with E-state index in [4.69, 9.17) is 4.74 Å². The van der Waals surface area contributed by atoms with Gasteiger partial charge in [0.05, 0.1) is 7.11 Å². The summed E-state index contributed by atoms with van der Waals surface area (Å²) in [5, 5.41) is 0. The summed E-state index contributed by atoms with van der Waals surface area (Å²) in [6.45, 7) is 2.24. The number of hydrogen-bond donors (Lipinski definition) is 0. The van der Waals surface area contributed by atoms with Crippen LogP contribution >= 0.6 is 0 Å². The molecule has 0 saturated carbocycles. The fourth-order valence-corrected chi connectivity index (χ4v) is 2.41. The molecule has 0 spiro atoms. The number of allylic oxidation sites excluding steroid dienone is 1. The number of hydrogen-bond acceptors (Lipinski definition) is 1. The lowest BCUT2D eigenvalue weighted by Crippen LogP contribution is -1.92. The smallest absolute Gasteiger partial charge is 0.118 e. The van der Waals surface area contributed by atoms with E-state index in [1.807, 2.05) is 12.1 Å². The van der Waals surface area contributed by atoms with Crippen molar-refractivity contribution < 1.29 is 4.74 Å². The molecule has 110 valence electrons. The van der Waals surface area contributed by atoms with Gasteiger partial charge in [-0.15, -0.1) is 0 Å². The minimum atomic E-state index is 0.908. The highest BCUT2D eigenvalue weighted by molar-refractivity contribution is 5.54. The van der Waals surface area contributed by atoms with Crippen LogP contribution in [-0.2, 0) is 6.42 Å². The molecule has 2 rings (SSSR count). The minimum absolute atomic E-state index is 0.908. The molecule has 0 atom stereocenters. The molecule has 21 heavy (non-hydrogen) atoms. The molecule has 0 heterocycles. The van der Waals surface area contributed by atoms with E-state index < -0.39 is 0 Å². The van der Waals surface area contributed by atoms with E-state index in [2.05, 4.69) is 55.5 Å². The second kappa shape index (κ2) is 8.31. The van der Waals surface area contributed by atoms with Crippen LogP contribution < -0.4 is 4.74 Å². The maximum absolute atomic E-state index is 5.21. The summed E-state index contributed by atoms with van der Waals surface area (Å²) in [7, 11) is 1.70. The van der Waals surface area contributed by atoms with E-state index in [9.17, 15) is 0 Å². The highest BCUT2D eigenvalue weighted by atomic mass is 16.5. The average molecular weight is 280 g/mol. The second-order valence-electron chi connectivity index (χ2n) is 5.34. The van der Waals surface area contributed by atoms with Gasteiger partial charge in [-0.1, -0.05) is 67.5 Å². The lowest BCUT2D eigenvalue weighted by atomic mass is 9.98. The van der Waals surface area contributed by atoms with Gasteiger partial charge in [-0.2, -0.15) is 0 Å². The zero-order valence-corrected chi connectivity index (χ0v) is 13.0. The molecule has 2 aromatic rings. The lowest BCUT2D eigenvalue weighted by Gasteiger charge is -2.08. The first kappa shape index (κ1) is 15.4. The molecule has 1 nitrogen and oxygen atoms in total. The van der Waals surface area contributed by atoms with Gasteiger partial charge >= 0.3 is 0 Å². The van der Waals surface area contributed by atoms with Crippen LogP contribution in [0, 0.1) is 0 Å². The van der Waals surface area contributed by atoms with Crippen LogP contribution in [0.3, 0.4) is 0 Å². The Balaban J connectivity index is 2.15. The summed E-state index contributed by atoms with van der Waals surface area (Å²) < 4.78 is 5.21. The van der Waals surface area contributed by atoms with E-state index in [0.717, 1.165) is 18.6 Å². The third kappa shape index (κ3) is 5.11. The zero-order chi connectivity index (χ0) is 14.9. The van der Waals surface area contributed by atoms with E-state index in [1.54, 1.807) is 7.11 Å². The fraction of sp³-hybridized carbons (Fsp3) is 0.300. The van der Waals surface area contributed by atoms with Gasteiger partial charge < -0.3 is 4.74 Å². The van der Waals surface area contributed by atoms with E-state index in [-0.39, 0.29) is 0 Å². The summed E-state index contributed by atoms with van der Waals surface area (Å²) in [4.78, 5) is 0. The van der Waals surface area contributed by atoms with Gasteiger partial charge in [-0.05, 0) is 42.5 Å². The number of benzene rings is 2. The van der Waals surface area contributed by atoms with Crippen molar-refractivity contribution in [1.29, 1.82) is 0 Å². The SMILES string of the molecule is CCCC/C(=C\c1ccc(OC)cc1)Cc1ccccc1. The molecule has 0 aliphatic carbocycles. The Kier molecular flexibility index (Phi) is 6.08. The first-order valence-corrected chi connectivity index (χ1v) is 7.69. The number of ether oxygens (including phenoxy) is 1. The number of methoxy groups -OCH3 is 1. The molecule has 0 radical (unpaired) electrons. The highest BCUT2D eigenvalue weighted by Crippen LogP contribution is 2.19. The van der Waals surface area contributed by atoms with Gasteiger partial charge in [0.2, 0.25) is 0 Å². The van der Waals surface area contributed by atoms with Crippen LogP contribution in [0.2, 0.25) is 0 Å². The summed E-state index contributed by atoms with van der Waals surface area (Å²) in [5.74, 6) is 0.908. The van der Waals surface area contributed by atoms with Crippen LogP contribution in [0.4, 0.5) is 0 Å². The maximum Gasteiger partial charge on any atom is 0.118 e. The van der Waals surface area contributed by atoms with Crippen molar-refractivity contribution in [2.45, 2.75) is 32.6 Å². The third-order valence-electron chi connectivity index (χ3n) is 3.61. The molecule has 2 aromatic carbocycles. The molecule has 0 N–H and O–H groups in total. The first-order valence-electron chi connectivity index (χ1n) is 7.69. The van der Waals surface area contributed by atoms with Crippen molar-refractivity contribution in [2.24, 2.45) is 0 Å². The molecule has 0 unspecified atom stereocenters. The van der Waals surface area contributed by atoms with Crippen LogP contribution in [0.1, 0.15) is 37.3 Å². The Morgan fingerprint density at radius 3 is 2.33 bits per heavy atom. The summed E-state index contributed by atoms with van der Waals surface area (Å²) in [5.41, 5.74) is 4.12. The van der Waals surface area contributed by atoms with Crippen molar-refractivity contribution in [2.75, 3.05) is 7.11 Å². The molecule has 0 amide bonds. The Morgan fingerprint density at radius 1 is 1.00 bits per heavy atom. The fourth-order valence-electron chi connectivity index (χ4n) is 2.41. The van der Waals surface area contributed by atoms with Gasteiger partial charge in [0.15, 0.2) is 0 Å². The quantitative estimate of drug-likeness (QED) is 0.649. The van der Waals surface area contributed by atoms with Crippen molar-refractivity contribution in [3.05, 3.63) is 71.3 Å². The average Bonchev–Trinajstić information content (AvgIpc) is 2.54. The minimum Gasteiger partial charge on any atom is -0.497 e. The largest absolute Gasteiger partial charge is 0.497 e. The van der Waals surface area contributed by atoms with Crippen molar-refractivity contribution in [3.8, 4) is 5.75 Å². The van der Waals surface area contributed by atoms with Gasteiger partial charge in [0.1, 0.15) is 5.75 Å². The zero-order valence-electron chi connectivity index (χ0n) is 13.0. The van der Waals surface area contributed by atoms with E-state index in [0.29, 0.717) is 0 Å². The van der Waals surface area contributed by atoms with Crippen LogP contribution in [0.15, 0.2) is 60.2 Å². The second-order valence-corrected chi connectivity index (χ2v) is 5.34. The molecule has 0 saturated heterocycles. The van der Waals surface area contributed by atoms with Gasteiger partial charge in [-0.3, -0.25) is 0 Å². The van der Waals surface area contributed by atoms with Crippen molar-refractivity contribution >= 4 is 6.08 Å². The number of rotatable bonds is 7. The summed E-state index contributed by atoms with van der Waals surface area (Å²) in [6.07, 6.45) is 7.00. The Morgan fingerprint density at radius 2 is 1.71 bits per heavy atom. The van der Waals surface area contributed by atoms with Crippen LogP contribution in [-0.4, -0.2) is 7.11 Å². The molecule has 1 heteroatoms. The van der Waals surface area contributed by atoms with Crippen molar-refractivity contribution in [1.82, 2.24) is 0 Å². The molecular formula is C20H24O. The third-order valence-corrected chi connectivity index (χ3v) is 3.61. The first-order chi connectivity index (χ1) is 10.3. The Hall–Kier alpha value is -2.02. The molecular weight excluding hydrogens is 256 g/mol. The Labute approximate surface area is 128 Å². The van der Waals surface area contributed by atoms with Crippen LogP contribution in [0.25, 0.3) is 6.08 Å². The van der Waals surface area contributed by atoms with Gasteiger partial charge in [-0.25, -0.2) is 0 Å². The molecule has 0 aromatic heterocycles. The molecule has 0 aliphatic rings. The molecule has 0 bridgehead atoms. The molecule has 0 aliphatic heterocycles. The summed E-state index contributed by atoms with van der Waals surface area (Å²) in [6, 6.07) is 19.0. The van der Waals surface area contributed by atoms with Gasteiger partial charge in [0, 0.05) is 0 Å². The maximum atomic E-state index is 5.21. The lowest BCUT2D eigenvalue weighted by molar-refractivity contribution is 0.415. The van der Waals surface area contributed by atoms with Gasteiger partial charge in [0.25, 0.3) is 0 Å². The predicted molar refractivity (Wildman–Crippen MR) is 90.6 cm³/mol. The van der Waals surface area contributed by atoms with E-state index in [1.165, 1.54) is 29.5 Å². The number of unbranched alkanes of at least 4 members (excludes halogenated alkanes) is 1. The summed E-state index contributed by atoms with van der Waals surface area (Å²) >= 11 is 0. The monoisotopic (exact) mass is 280 g/mol. The highest BCUT2D eigenvalue weighted by Gasteiger charge is 2.01. The topological polar surface area (TPSA) is 9.23 Å². The van der Waals surface area contributed by atoms with E-state index >= 15 is 0 Å². The Bertz CT molecular complexity index is 552.